The van der Waals surface area contributed by atoms with Gasteiger partial charge < -0.3 is 14.7 Å². The largest absolute Gasteiger partial charge is 0.465 e. The third kappa shape index (κ3) is 2.78. The van der Waals surface area contributed by atoms with Crippen LogP contribution in [0.3, 0.4) is 0 Å². The highest BCUT2D eigenvalue weighted by molar-refractivity contribution is 7.17. The van der Waals surface area contributed by atoms with Crippen LogP contribution in [0, 0.1) is 0 Å². The van der Waals surface area contributed by atoms with Crippen molar-refractivity contribution >= 4 is 28.3 Å². The number of amides is 2. The number of nitrogens with one attached hydrogen (secondary N) is 1. The van der Waals surface area contributed by atoms with Crippen molar-refractivity contribution in [3.05, 3.63) is 16.0 Å². The number of anilines is 1. The van der Waals surface area contributed by atoms with E-state index in [1.807, 2.05) is 0 Å². The lowest BCUT2D eigenvalue weighted by Gasteiger charge is -2.16. The molecule has 1 aliphatic rings. The Balaban J connectivity index is 2.24. The van der Waals surface area contributed by atoms with Crippen molar-refractivity contribution in [2.75, 3.05) is 32.6 Å². The lowest BCUT2D eigenvalue weighted by atomic mass is 10.1. The minimum Gasteiger partial charge on any atom is -0.465 e. The molecule has 1 aromatic heterocycles. The summed E-state index contributed by atoms with van der Waals surface area (Å²) in [6, 6.07) is -0.343. The van der Waals surface area contributed by atoms with E-state index in [0.29, 0.717) is 10.6 Å². The number of nitrogens with zero attached hydrogens (tertiary/aromatic N) is 1. The number of hydrogen-bond donors (Lipinski definition) is 2. The SMILES string of the molecule is COC(=O)c1c(NC(=O)N(C)CCO)sc2c1CCC2. The highest BCUT2D eigenvalue weighted by atomic mass is 32.1. The Morgan fingerprint density at radius 1 is 1.45 bits per heavy atom. The van der Waals surface area contributed by atoms with Gasteiger partial charge in [0.05, 0.1) is 19.3 Å². The van der Waals surface area contributed by atoms with Crippen molar-refractivity contribution in [2.24, 2.45) is 0 Å². The first-order valence-electron chi connectivity index (χ1n) is 6.44. The lowest BCUT2D eigenvalue weighted by Crippen LogP contribution is -2.33. The fraction of sp³-hybridized carbons (Fsp3) is 0.538. The van der Waals surface area contributed by atoms with Gasteiger partial charge in [-0.15, -0.1) is 11.3 Å². The molecule has 0 bridgehead atoms. The maximum atomic E-state index is 12.0. The number of fused-ring (bicyclic) bond motifs is 1. The summed E-state index contributed by atoms with van der Waals surface area (Å²) in [6.07, 6.45) is 2.81. The van der Waals surface area contributed by atoms with Gasteiger partial charge in [0.2, 0.25) is 0 Å². The molecule has 1 aliphatic carbocycles. The van der Waals surface area contributed by atoms with Crippen molar-refractivity contribution in [1.82, 2.24) is 4.90 Å². The van der Waals surface area contributed by atoms with Crippen molar-refractivity contribution in [2.45, 2.75) is 19.3 Å². The molecule has 7 heteroatoms. The molecule has 2 rings (SSSR count). The average molecular weight is 298 g/mol. The van der Waals surface area contributed by atoms with E-state index in [-0.39, 0.29) is 19.2 Å². The van der Waals surface area contributed by atoms with Crippen LogP contribution in [0.4, 0.5) is 9.80 Å². The zero-order valence-corrected chi connectivity index (χ0v) is 12.4. The normalized spacial score (nSPS) is 12.9. The molecule has 1 aromatic rings. The van der Waals surface area contributed by atoms with Crippen molar-refractivity contribution in [3.63, 3.8) is 0 Å². The van der Waals surface area contributed by atoms with Crippen LogP contribution in [0.15, 0.2) is 0 Å². The molecule has 0 saturated carbocycles. The van der Waals surface area contributed by atoms with Gasteiger partial charge in [0.15, 0.2) is 0 Å². The monoisotopic (exact) mass is 298 g/mol. The van der Waals surface area contributed by atoms with E-state index in [4.69, 9.17) is 9.84 Å². The third-order valence-electron chi connectivity index (χ3n) is 3.31. The third-order valence-corrected chi connectivity index (χ3v) is 4.52. The summed E-state index contributed by atoms with van der Waals surface area (Å²) < 4.78 is 4.81. The Kier molecular flexibility index (Phi) is 4.61. The van der Waals surface area contributed by atoms with Crippen molar-refractivity contribution < 1.29 is 19.4 Å². The Labute approximate surface area is 121 Å². The van der Waals surface area contributed by atoms with Gasteiger partial charge in [0.25, 0.3) is 0 Å². The molecule has 1 heterocycles. The quantitative estimate of drug-likeness (QED) is 0.825. The van der Waals surface area contributed by atoms with E-state index in [2.05, 4.69) is 5.32 Å². The number of ether oxygens (including phenoxy) is 1. The van der Waals surface area contributed by atoms with Crippen LogP contribution in [-0.4, -0.2) is 49.3 Å². The van der Waals surface area contributed by atoms with Crippen LogP contribution in [0.5, 0.6) is 0 Å². The van der Waals surface area contributed by atoms with Gasteiger partial charge in [-0.2, -0.15) is 0 Å². The standard InChI is InChI=1S/C13H18N2O4S/c1-15(6-7-16)13(18)14-11-10(12(17)19-2)8-4-3-5-9(8)20-11/h16H,3-7H2,1-2H3,(H,14,18). The van der Waals surface area contributed by atoms with Crippen LogP contribution in [-0.2, 0) is 17.6 Å². The number of aliphatic hydroxyl groups is 1. The van der Waals surface area contributed by atoms with E-state index >= 15 is 0 Å². The van der Waals surface area contributed by atoms with E-state index in [1.54, 1.807) is 7.05 Å². The summed E-state index contributed by atoms with van der Waals surface area (Å²) in [7, 11) is 2.93. The highest BCUT2D eigenvalue weighted by Gasteiger charge is 2.28. The summed E-state index contributed by atoms with van der Waals surface area (Å²) in [5.41, 5.74) is 1.48. The summed E-state index contributed by atoms with van der Waals surface area (Å²) >= 11 is 1.43. The van der Waals surface area contributed by atoms with Gasteiger partial charge in [-0.1, -0.05) is 0 Å². The molecule has 0 aliphatic heterocycles. The number of aliphatic hydroxyl groups excluding tert-OH is 1. The molecule has 0 aromatic carbocycles. The molecule has 0 saturated heterocycles. The number of rotatable bonds is 4. The van der Waals surface area contributed by atoms with Crippen molar-refractivity contribution in [1.29, 1.82) is 0 Å². The summed E-state index contributed by atoms with van der Waals surface area (Å²) in [6.45, 7) is 0.138. The predicted molar refractivity (Wildman–Crippen MR) is 76.4 cm³/mol. The maximum absolute atomic E-state index is 12.0. The van der Waals surface area contributed by atoms with Gasteiger partial charge in [-0.25, -0.2) is 9.59 Å². The second-order valence-corrected chi connectivity index (χ2v) is 5.73. The lowest BCUT2D eigenvalue weighted by molar-refractivity contribution is 0.0601. The molecule has 20 heavy (non-hydrogen) atoms. The second-order valence-electron chi connectivity index (χ2n) is 4.63. The molecule has 2 N–H and O–H groups in total. The van der Waals surface area contributed by atoms with Gasteiger partial charge in [0, 0.05) is 18.5 Å². The van der Waals surface area contributed by atoms with Crippen LogP contribution in [0.25, 0.3) is 0 Å². The van der Waals surface area contributed by atoms with Crippen LogP contribution < -0.4 is 5.32 Å². The molecular formula is C13H18N2O4S. The summed E-state index contributed by atoms with van der Waals surface area (Å²) in [4.78, 5) is 26.4. The number of carbonyl (C=O) groups excluding carboxylic acids is 2. The number of carbonyl (C=O) groups is 2. The summed E-state index contributed by atoms with van der Waals surface area (Å²) in [5.74, 6) is -0.412. The molecule has 0 spiro atoms. The topological polar surface area (TPSA) is 78.9 Å². The van der Waals surface area contributed by atoms with E-state index in [0.717, 1.165) is 29.7 Å². The van der Waals surface area contributed by atoms with Crippen LogP contribution in [0.2, 0.25) is 0 Å². The zero-order chi connectivity index (χ0) is 14.7. The molecule has 0 unspecified atom stereocenters. The summed E-state index contributed by atoms with van der Waals surface area (Å²) in [5, 5.41) is 12.1. The fourth-order valence-corrected chi connectivity index (χ4v) is 3.52. The number of urea groups is 1. The number of likely N-dealkylation sites (N-methyl/N-ethyl adjacent to an activating group) is 1. The average Bonchev–Trinajstić information content (AvgIpc) is 2.98. The predicted octanol–water partition coefficient (Wildman–Crippen LogP) is 1.48. The Bertz CT molecular complexity index is 527. The minimum atomic E-state index is -0.412. The van der Waals surface area contributed by atoms with Crippen molar-refractivity contribution in [3.8, 4) is 0 Å². The number of esters is 1. The van der Waals surface area contributed by atoms with E-state index < -0.39 is 5.97 Å². The minimum absolute atomic E-state index is 0.102. The Hall–Kier alpha value is -1.60. The maximum Gasteiger partial charge on any atom is 0.341 e. The van der Waals surface area contributed by atoms with Gasteiger partial charge in [0.1, 0.15) is 5.00 Å². The van der Waals surface area contributed by atoms with E-state index in [1.165, 1.54) is 23.3 Å². The molecule has 0 atom stereocenters. The molecule has 0 radical (unpaired) electrons. The fourth-order valence-electron chi connectivity index (χ4n) is 2.25. The first-order chi connectivity index (χ1) is 9.58. The molecule has 0 fully saturated rings. The number of thiophene rings is 1. The first kappa shape index (κ1) is 14.8. The molecule has 2 amide bonds. The smallest absolute Gasteiger partial charge is 0.341 e. The van der Waals surface area contributed by atoms with Gasteiger partial charge in [-0.3, -0.25) is 5.32 Å². The first-order valence-corrected chi connectivity index (χ1v) is 7.26. The Morgan fingerprint density at radius 3 is 2.85 bits per heavy atom. The molecule has 110 valence electrons. The van der Waals surface area contributed by atoms with Crippen LogP contribution >= 0.6 is 11.3 Å². The molecule has 6 nitrogen and oxygen atoms in total. The van der Waals surface area contributed by atoms with Gasteiger partial charge in [-0.05, 0) is 24.8 Å². The number of methoxy groups -OCH3 is 1. The highest BCUT2D eigenvalue weighted by Crippen LogP contribution is 2.39. The molecular weight excluding hydrogens is 280 g/mol. The van der Waals surface area contributed by atoms with Crippen LogP contribution in [0.1, 0.15) is 27.2 Å². The Morgan fingerprint density at radius 2 is 2.20 bits per heavy atom. The second kappa shape index (κ2) is 6.23. The number of hydrogen-bond acceptors (Lipinski definition) is 5. The van der Waals surface area contributed by atoms with E-state index in [9.17, 15) is 9.59 Å². The zero-order valence-electron chi connectivity index (χ0n) is 11.6. The number of aryl methyl sites for hydroxylation is 1. The van der Waals surface area contributed by atoms with Gasteiger partial charge >= 0.3 is 12.0 Å².